The van der Waals surface area contributed by atoms with E-state index in [-0.39, 0.29) is 11.6 Å². The number of hydrogen-bond acceptors (Lipinski definition) is 4. The Balaban J connectivity index is 1.64. The molecule has 2 aromatic carbocycles. The maximum atomic E-state index is 12.5. The predicted molar refractivity (Wildman–Crippen MR) is 104 cm³/mol. The number of nitrogens with one attached hydrogen (secondary N) is 1. The number of carbonyl (C=O) groups is 1. The van der Waals surface area contributed by atoms with Crippen LogP contribution >= 0.6 is 15.9 Å². The Bertz CT molecular complexity index is 837. The Labute approximate surface area is 160 Å². The lowest BCUT2D eigenvalue weighted by Crippen LogP contribution is -2.34. The van der Waals surface area contributed by atoms with Crippen molar-refractivity contribution in [2.45, 2.75) is 32.4 Å². The van der Waals surface area contributed by atoms with Gasteiger partial charge in [0.05, 0.1) is 17.2 Å². The second-order valence-electron chi connectivity index (χ2n) is 6.59. The van der Waals surface area contributed by atoms with Crippen molar-refractivity contribution in [2.24, 2.45) is 0 Å². The van der Waals surface area contributed by atoms with Gasteiger partial charge in [-0.05, 0) is 47.3 Å². The summed E-state index contributed by atoms with van der Waals surface area (Å²) in [6, 6.07) is 13.1. The minimum atomic E-state index is -0.465. The average Bonchev–Trinajstić information content (AvgIpc) is 3.41. The number of carbonyl (C=O) groups excluding carboxylic acids is 1. The van der Waals surface area contributed by atoms with Crippen LogP contribution in [0.25, 0.3) is 0 Å². The zero-order valence-electron chi connectivity index (χ0n) is 14.4. The van der Waals surface area contributed by atoms with E-state index in [2.05, 4.69) is 51.3 Å². The van der Waals surface area contributed by atoms with E-state index in [0.29, 0.717) is 22.7 Å². The fourth-order valence-corrected chi connectivity index (χ4v) is 3.36. The maximum absolute atomic E-state index is 12.5. The van der Waals surface area contributed by atoms with Crippen LogP contribution < -0.4 is 5.32 Å². The molecule has 136 valence electrons. The van der Waals surface area contributed by atoms with Crippen LogP contribution in [0.5, 0.6) is 0 Å². The molecule has 26 heavy (non-hydrogen) atoms. The van der Waals surface area contributed by atoms with Crippen molar-refractivity contribution in [2.75, 3.05) is 11.9 Å². The lowest BCUT2D eigenvalue weighted by Gasteiger charge is -2.22. The molecule has 0 saturated heterocycles. The Kier molecular flexibility index (Phi) is 5.68. The largest absolute Gasteiger partial charge is 0.324 e. The first-order valence-electron chi connectivity index (χ1n) is 8.46. The Morgan fingerprint density at radius 2 is 2.08 bits per heavy atom. The zero-order valence-corrected chi connectivity index (χ0v) is 16.0. The van der Waals surface area contributed by atoms with E-state index in [1.165, 1.54) is 23.3 Å². The highest BCUT2D eigenvalue weighted by molar-refractivity contribution is 9.10. The van der Waals surface area contributed by atoms with Crippen molar-refractivity contribution >= 4 is 33.2 Å². The monoisotopic (exact) mass is 417 g/mol. The van der Waals surface area contributed by atoms with Crippen molar-refractivity contribution in [3.8, 4) is 0 Å². The highest BCUT2D eigenvalue weighted by Gasteiger charge is 2.30. The first-order chi connectivity index (χ1) is 12.4. The van der Waals surface area contributed by atoms with E-state index in [1.807, 2.05) is 6.07 Å². The number of halogens is 1. The van der Waals surface area contributed by atoms with Gasteiger partial charge in [-0.25, -0.2) is 0 Å². The van der Waals surface area contributed by atoms with Crippen LogP contribution in [-0.2, 0) is 11.3 Å². The molecule has 1 N–H and O–H groups in total. The quantitative estimate of drug-likeness (QED) is 0.538. The second kappa shape index (κ2) is 7.97. The van der Waals surface area contributed by atoms with E-state index in [4.69, 9.17) is 0 Å². The lowest BCUT2D eigenvalue weighted by atomic mass is 10.1. The number of hydrogen-bond donors (Lipinski definition) is 1. The SMILES string of the molecule is Cc1cccc(CN(CC(=O)Nc2ccc([N+](=O)[O-])cc2Br)C2CC2)c1. The van der Waals surface area contributed by atoms with E-state index >= 15 is 0 Å². The van der Waals surface area contributed by atoms with Gasteiger partial charge in [0, 0.05) is 29.2 Å². The number of anilines is 1. The normalized spacial score (nSPS) is 13.7. The van der Waals surface area contributed by atoms with Crippen molar-refractivity contribution < 1.29 is 9.72 Å². The first-order valence-corrected chi connectivity index (χ1v) is 9.25. The maximum Gasteiger partial charge on any atom is 0.270 e. The molecule has 0 radical (unpaired) electrons. The van der Waals surface area contributed by atoms with Gasteiger partial charge in [0.2, 0.25) is 5.91 Å². The highest BCUT2D eigenvalue weighted by atomic mass is 79.9. The van der Waals surface area contributed by atoms with Crippen LogP contribution in [0, 0.1) is 17.0 Å². The number of aryl methyl sites for hydroxylation is 1. The van der Waals surface area contributed by atoms with Crippen LogP contribution in [-0.4, -0.2) is 28.3 Å². The summed E-state index contributed by atoms with van der Waals surface area (Å²) in [5.74, 6) is -0.126. The van der Waals surface area contributed by atoms with Gasteiger partial charge in [0.25, 0.3) is 5.69 Å². The number of nitro benzene ring substituents is 1. The van der Waals surface area contributed by atoms with E-state index in [1.54, 1.807) is 6.07 Å². The third kappa shape index (κ3) is 4.89. The molecule has 1 aliphatic rings. The third-order valence-corrected chi connectivity index (χ3v) is 4.97. The smallest absolute Gasteiger partial charge is 0.270 e. The predicted octanol–water partition coefficient (Wildman–Crippen LogP) is 4.27. The second-order valence-corrected chi connectivity index (χ2v) is 7.45. The minimum Gasteiger partial charge on any atom is -0.324 e. The average molecular weight is 418 g/mol. The molecule has 0 aliphatic heterocycles. The molecular weight excluding hydrogens is 398 g/mol. The molecule has 1 amide bonds. The summed E-state index contributed by atoms with van der Waals surface area (Å²) in [5.41, 5.74) is 2.92. The molecule has 1 saturated carbocycles. The molecule has 1 fully saturated rings. The van der Waals surface area contributed by atoms with Crippen molar-refractivity contribution in [1.82, 2.24) is 4.90 Å². The molecular formula is C19H20BrN3O3. The van der Waals surface area contributed by atoms with Crippen LogP contribution in [0.4, 0.5) is 11.4 Å². The molecule has 2 aromatic rings. The van der Waals surface area contributed by atoms with E-state index < -0.39 is 4.92 Å². The van der Waals surface area contributed by atoms with Gasteiger partial charge in [0.15, 0.2) is 0 Å². The summed E-state index contributed by atoms with van der Waals surface area (Å²) in [5, 5.41) is 13.6. The zero-order chi connectivity index (χ0) is 18.7. The first kappa shape index (κ1) is 18.5. The van der Waals surface area contributed by atoms with Gasteiger partial charge in [-0.3, -0.25) is 19.8 Å². The number of benzene rings is 2. The van der Waals surface area contributed by atoms with Crippen LogP contribution in [0.1, 0.15) is 24.0 Å². The van der Waals surface area contributed by atoms with Gasteiger partial charge in [-0.1, -0.05) is 29.8 Å². The molecule has 0 heterocycles. The standard InChI is InChI=1S/C19H20BrN3O3/c1-13-3-2-4-14(9-13)11-22(15-5-6-15)12-19(24)21-18-8-7-16(23(25)26)10-17(18)20/h2-4,7-10,15H,5-6,11-12H2,1H3,(H,21,24). The summed E-state index contributed by atoms with van der Waals surface area (Å²) in [6.07, 6.45) is 2.22. The lowest BCUT2D eigenvalue weighted by molar-refractivity contribution is -0.384. The fourth-order valence-electron chi connectivity index (χ4n) is 2.89. The molecule has 0 unspecified atom stereocenters. The Morgan fingerprint density at radius 3 is 2.69 bits per heavy atom. The van der Waals surface area contributed by atoms with Gasteiger partial charge in [-0.15, -0.1) is 0 Å². The van der Waals surface area contributed by atoms with E-state index in [0.717, 1.165) is 19.4 Å². The number of nitro groups is 1. The Hall–Kier alpha value is -2.25. The molecule has 7 heteroatoms. The van der Waals surface area contributed by atoms with Gasteiger partial charge in [-0.2, -0.15) is 0 Å². The van der Waals surface area contributed by atoms with Crippen molar-refractivity contribution in [3.63, 3.8) is 0 Å². The summed E-state index contributed by atoms with van der Waals surface area (Å²) in [4.78, 5) is 25.0. The topological polar surface area (TPSA) is 75.5 Å². The number of nitrogens with zero attached hydrogens (tertiary/aromatic N) is 2. The van der Waals surface area contributed by atoms with Crippen molar-refractivity contribution in [3.05, 3.63) is 68.2 Å². The fraction of sp³-hybridized carbons (Fsp3) is 0.316. The molecule has 6 nitrogen and oxygen atoms in total. The molecule has 1 aliphatic carbocycles. The highest BCUT2D eigenvalue weighted by Crippen LogP contribution is 2.29. The van der Waals surface area contributed by atoms with Crippen LogP contribution in [0.3, 0.4) is 0 Å². The number of non-ortho nitro benzene ring substituents is 1. The third-order valence-electron chi connectivity index (χ3n) is 4.32. The summed E-state index contributed by atoms with van der Waals surface area (Å²) in [6.45, 7) is 3.09. The molecule has 0 bridgehead atoms. The van der Waals surface area contributed by atoms with Gasteiger partial charge in [0.1, 0.15) is 0 Å². The summed E-state index contributed by atoms with van der Waals surface area (Å²) in [7, 11) is 0. The molecule has 3 rings (SSSR count). The summed E-state index contributed by atoms with van der Waals surface area (Å²) < 4.78 is 0.497. The van der Waals surface area contributed by atoms with Crippen molar-refractivity contribution in [1.29, 1.82) is 0 Å². The van der Waals surface area contributed by atoms with Gasteiger partial charge >= 0.3 is 0 Å². The molecule has 0 spiro atoms. The molecule has 0 aromatic heterocycles. The van der Waals surface area contributed by atoms with E-state index in [9.17, 15) is 14.9 Å². The van der Waals surface area contributed by atoms with Crippen LogP contribution in [0.2, 0.25) is 0 Å². The minimum absolute atomic E-state index is 0.0195. The van der Waals surface area contributed by atoms with Crippen LogP contribution in [0.15, 0.2) is 46.9 Å². The summed E-state index contributed by atoms with van der Waals surface area (Å²) >= 11 is 3.28. The Morgan fingerprint density at radius 1 is 1.31 bits per heavy atom. The van der Waals surface area contributed by atoms with Gasteiger partial charge < -0.3 is 5.32 Å². The number of rotatable bonds is 7. The number of amides is 1. The molecule has 0 atom stereocenters.